The molecule has 33 heavy (non-hydrogen) atoms. The zero-order valence-corrected chi connectivity index (χ0v) is 22.1. The maximum absolute atomic E-state index is 11.9. The van der Waals surface area contributed by atoms with Gasteiger partial charge >= 0.3 is 6.09 Å². The Morgan fingerprint density at radius 2 is 1.85 bits per heavy atom. The van der Waals surface area contributed by atoms with E-state index in [-0.39, 0.29) is 24.0 Å². The minimum absolute atomic E-state index is 0. The number of hydrogen-bond acceptors (Lipinski definition) is 4. The highest BCUT2D eigenvalue weighted by molar-refractivity contribution is 14.0. The van der Waals surface area contributed by atoms with Crippen LogP contribution in [-0.4, -0.2) is 40.6 Å². The van der Waals surface area contributed by atoms with Crippen molar-refractivity contribution in [2.75, 3.05) is 18.9 Å². The number of ether oxygens (including phenoxy) is 1. The lowest BCUT2D eigenvalue weighted by atomic mass is 10.1. The topological polar surface area (TPSA) is 92.0 Å². The molecular weight excluding hydrogens is 531 g/mol. The van der Waals surface area contributed by atoms with Crippen molar-refractivity contribution in [3.8, 4) is 0 Å². The molecule has 9 heteroatoms. The number of anilines is 1. The molecule has 0 radical (unpaired) electrons. The summed E-state index contributed by atoms with van der Waals surface area (Å²) in [6.45, 7) is 8.89. The van der Waals surface area contributed by atoms with Crippen LogP contribution >= 0.6 is 24.0 Å². The fourth-order valence-corrected chi connectivity index (χ4v) is 3.18. The Balaban J connectivity index is 0.00000385. The van der Waals surface area contributed by atoms with Gasteiger partial charge in [-0.15, -0.1) is 24.0 Å². The molecule has 0 atom stereocenters. The van der Waals surface area contributed by atoms with Crippen LogP contribution in [0.1, 0.15) is 37.7 Å². The predicted molar refractivity (Wildman–Crippen MR) is 144 cm³/mol. The quantitative estimate of drug-likeness (QED) is 0.233. The molecular formula is C24H33IN6O2. The summed E-state index contributed by atoms with van der Waals surface area (Å²) in [5.41, 5.74) is 4.38. The van der Waals surface area contributed by atoms with Crippen LogP contribution in [0.5, 0.6) is 0 Å². The largest absolute Gasteiger partial charge is 0.444 e. The van der Waals surface area contributed by atoms with Gasteiger partial charge in [0.25, 0.3) is 0 Å². The second-order valence-corrected chi connectivity index (χ2v) is 8.55. The fraction of sp³-hybridized carbons (Fsp3) is 0.375. The van der Waals surface area contributed by atoms with Crippen LogP contribution in [0.15, 0.2) is 53.7 Å². The van der Waals surface area contributed by atoms with E-state index in [0.717, 1.165) is 41.5 Å². The number of benzene rings is 1. The minimum Gasteiger partial charge on any atom is -0.444 e. The second kappa shape index (κ2) is 11.9. The molecule has 0 spiro atoms. The van der Waals surface area contributed by atoms with Crippen LogP contribution in [0.25, 0.3) is 5.65 Å². The van der Waals surface area contributed by atoms with Gasteiger partial charge in [0.05, 0.1) is 12.2 Å². The summed E-state index contributed by atoms with van der Waals surface area (Å²) >= 11 is 0. The maximum Gasteiger partial charge on any atom is 0.412 e. The minimum atomic E-state index is -0.521. The van der Waals surface area contributed by atoms with Crippen molar-refractivity contribution < 1.29 is 9.53 Å². The first-order chi connectivity index (χ1) is 15.2. The highest BCUT2D eigenvalue weighted by Gasteiger charge is 2.16. The van der Waals surface area contributed by atoms with Gasteiger partial charge in [0.2, 0.25) is 0 Å². The lowest BCUT2D eigenvalue weighted by molar-refractivity contribution is 0.0636. The van der Waals surface area contributed by atoms with Gasteiger partial charge in [-0.05, 0) is 63.9 Å². The molecule has 0 unspecified atom stereocenters. The van der Waals surface area contributed by atoms with Crippen LogP contribution in [0.3, 0.4) is 0 Å². The van der Waals surface area contributed by atoms with E-state index in [9.17, 15) is 4.79 Å². The summed E-state index contributed by atoms with van der Waals surface area (Å²) in [6, 6.07) is 13.8. The third-order valence-corrected chi connectivity index (χ3v) is 4.71. The number of imidazole rings is 1. The molecule has 0 fully saturated rings. The monoisotopic (exact) mass is 564 g/mol. The first-order valence-electron chi connectivity index (χ1n) is 10.7. The first kappa shape index (κ1) is 26.4. The average Bonchev–Trinajstić information content (AvgIpc) is 3.15. The Bertz CT molecular complexity index is 1090. The van der Waals surface area contributed by atoms with Crippen LogP contribution < -0.4 is 16.0 Å². The Morgan fingerprint density at radius 3 is 2.48 bits per heavy atom. The number of hydrogen-bond donors (Lipinski definition) is 3. The van der Waals surface area contributed by atoms with E-state index in [1.807, 2.05) is 63.4 Å². The highest BCUT2D eigenvalue weighted by atomic mass is 127. The molecule has 0 saturated carbocycles. The number of carbonyl (C=O) groups is 1. The number of fused-ring (bicyclic) bond motifs is 1. The molecule has 3 rings (SSSR count). The molecule has 2 aromatic heterocycles. The van der Waals surface area contributed by atoms with Crippen molar-refractivity contribution in [3.63, 3.8) is 0 Å². The van der Waals surface area contributed by atoms with E-state index in [0.29, 0.717) is 12.2 Å². The van der Waals surface area contributed by atoms with E-state index < -0.39 is 11.7 Å². The lowest BCUT2D eigenvalue weighted by Crippen LogP contribution is -2.37. The Kier molecular flexibility index (Phi) is 9.51. The standard InChI is InChI=1S/C24H32N6O2.HI/c1-17-7-6-8-21-28-20(16-30(17)21)15-27-22(25-5)26-14-13-18-9-11-19(12-10-18)29-23(31)32-24(2,3)4;/h6-12,16H,13-15H2,1-5H3,(H,29,31)(H2,25,26,27);1H. The van der Waals surface area contributed by atoms with Crippen LogP contribution in [0.2, 0.25) is 0 Å². The number of guanidine groups is 1. The Morgan fingerprint density at radius 1 is 1.12 bits per heavy atom. The summed E-state index contributed by atoms with van der Waals surface area (Å²) in [5.74, 6) is 0.724. The predicted octanol–water partition coefficient (Wildman–Crippen LogP) is 4.52. The smallest absolute Gasteiger partial charge is 0.412 e. The Hall–Kier alpha value is -2.82. The van der Waals surface area contributed by atoms with E-state index >= 15 is 0 Å². The summed E-state index contributed by atoms with van der Waals surface area (Å²) in [6.07, 6.45) is 2.40. The molecule has 178 valence electrons. The van der Waals surface area contributed by atoms with Crippen molar-refractivity contribution in [3.05, 3.63) is 65.6 Å². The van der Waals surface area contributed by atoms with Crippen molar-refractivity contribution >= 4 is 47.4 Å². The average molecular weight is 564 g/mol. The lowest BCUT2D eigenvalue weighted by Gasteiger charge is -2.19. The van der Waals surface area contributed by atoms with Crippen LogP contribution in [-0.2, 0) is 17.7 Å². The van der Waals surface area contributed by atoms with Gasteiger partial charge in [-0.2, -0.15) is 0 Å². The van der Waals surface area contributed by atoms with Crippen LogP contribution in [0.4, 0.5) is 10.5 Å². The van der Waals surface area contributed by atoms with E-state index in [1.165, 1.54) is 0 Å². The maximum atomic E-state index is 11.9. The van der Waals surface area contributed by atoms with E-state index in [1.54, 1.807) is 7.05 Å². The molecule has 3 aromatic rings. The van der Waals surface area contributed by atoms with Gasteiger partial charge < -0.3 is 19.8 Å². The molecule has 0 aliphatic rings. The number of amides is 1. The summed E-state index contributed by atoms with van der Waals surface area (Å²) in [7, 11) is 1.75. The zero-order chi connectivity index (χ0) is 23.1. The number of rotatable bonds is 6. The van der Waals surface area contributed by atoms with Gasteiger partial charge in [0, 0.05) is 31.2 Å². The number of halogens is 1. The second-order valence-electron chi connectivity index (χ2n) is 8.55. The first-order valence-corrected chi connectivity index (χ1v) is 10.7. The molecule has 8 nitrogen and oxygen atoms in total. The molecule has 3 N–H and O–H groups in total. The van der Waals surface area contributed by atoms with E-state index in [2.05, 4.69) is 43.3 Å². The van der Waals surface area contributed by atoms with Gasteiger partial charge in [0.15, 0.2) is 5.96 Å². The normalized spacial score (nSPS) is 11.6. The number of nitrogens with zero attached hydrogens (tertiary/aromatic N) is 3. The van der Waals surface area contributed by atoms with E-state index in [4.69, 9.17) is 4.74 Å². The van der Waals surface area contributed by atoms with Gasteiger partial charge in [-0.25, -0.2) is 9.78 Å². The van der Waals surface area contributed by atoms with Crippen molar-refractivity contribution in [2.45, 2.75) is 46.3 Å². The van der Waals surface area contributed by atoms with Crippen molar-refractivity contribution in [2.24, 2.45) is 4.99 Å². The SMILES string of the molecule is CN=C(NCCc1ccc(NC(=O)OC(C)(C)C)cc1)NCc1cn2c(C)cccc2n1.I. The number of carbonyl (C=O) groups excluding carboxylic acids is 1. The molecule has 2 heterocycles. The van der Waals surface area contributed by atoms with Gasteiger partial charge in [0.1, 0.15) is 11.2 Å². The van der Waals surface area contributed by atoms with Crippen molar-refractivity contribution in [1.29, 1.82) is 0 Å². The summed E-state index contributed by atoms with van der Waals surface area (Å²) in [4.78, 5) is 20.8. The number of aromatic nitrogens is 2. The highest BCUT2D eigenvalue weighted by Crippen LogP contribution is 2.13. The molecule has 0 saturated heterocycles. The Labute approximate surface area is 212 Å². The van der Waals surface area contributed by atoms with Gasteiger partial charge in [-0.1, -0.05) is 18.2 Å². The number of nitrogens with one attached hydrogen (secondary N) is 3. The number of aryl methyl sites for hydroxylation is 1. The number of pyridine rings is 1. The molecule has 0 bridgehead atoms. The molecule has 0 aliphatic carbocycles. The third-order valence-electron chi connectivity index (χ3n) is 4.71. The summed E-state index contributed by atoms with van der Waals surface area (Å²) < 4.78 is 7.35. The van der Waals surface area contributed by atoms with Crippen LogP contribution in [0, 0.1) is 6.92 Å². The molecule has 0 aliphatic heterocycles. The van der Waals surface area contributed by atoms with Crippen molar-refractivity contribution in [1.82, 2.24) is 20.0 Å². The molecule has 1 amide bonds. The number of aliphatic imine (C=N–C) groups is 1. The van der Waals surface area contributed by atoms with Gasteiger partial charge in [-0.3, -0.25) is 10.3 Å². The zero-order valence-electron chi connectivity index (χ0n) is 19.8. The molecule has 1 aromatic carbocycles. The summed E-state index contributed by atoms with van der Waals surface area (Å²) in [5, 5.41) is 9.36. The third kappa shape index (κ3) is 8.23. The fourth-order valence-electron chi connectivity index (χ4n) is 3.18.